The van der Waals surface area contributed by atoms with Gasteiger partial charge in [-0.15, -0.1) is 0 Å². The molecule has 4 aromatic rings. The molecule has 0 radical (unpaired) electrons. The van der Waals surface area contributed by atoms with Crippen LogP contribution in [0.3, 0.4) is 0 Å². The Kier molecular flexibility index (Phi) is 5.59. The van der Waals surface area contributed by atoms with Gasteiger partial charge in [-0.25, -0.2) is 4.98 Å². The van der Waals surface area contributed by atoms with Crippen LogP contribution < -0.4 is 10.6 Å². The second kappa shape index (κ2) is 8.50. The van der Waals surface area contributed by atoms with Crippen LogP contribution in [0, 0.1) is 0 Å². The van der Waals surface area contributed by atoms with E-state index >= 15 is 0 Å². The van der Waals surface area contributed by atoms with Gasteiger partial charge in [-0.05, 0) is 36.4 Å². The van der Waals surface area contributed by atoms with Crippen LogP contribution in [0.5, 0.6) is 0 Å². The quantitative estimate of drug-likeness (QED) is 0.428. The van der Waals surface area contributed by atoms with E-state index in [0.29, 0.717) is 16.5 Å². The number of para-hydroxylation sites is 1. The Balaban J connectivity index is 1.73. The molecule has 1 aromatic heterocycles. The Morgan fingerprint density at radius 3 is 2.16 bits per heavy atom. The molecule has 2 N–H and O–H groups in total. The fourth-order valence-corrected chi connectivity index (χ4v) is 3.19. The number of anilines is 2. The number of nitrogens with one attached hydrogen (secondary N) is 2. The number of carbonyl (C=O) groups excluding carboxylic acids is 2. The minimum atomic E-state index is -4.69. The molecular formula is C24H16F3N3O2. The third-order valence-corrected chi connectivity index (χ3v) is 4.72. The normalized spacial score (nSPS) is 11.2. The van der Waals surface area contributed by atoms with Crippen molar-refractivity contribution >= 4 is 34.2 Å². The largest absolute Gasteiger partial charge is 0.417 e. The fourth-order valence-electron chi connectivity index (χ4n) is 3.19. The van der Waals surface area contributed by atoms with E-state index in [4.69, 9.17) is 0 Å². The van der Waals surface area contributed by atoms with E-state index in [1.807, 2.05) is 0 Å². The van der Waals surface area contributed by atoms with E-state index in [-0.39, 0.29) is 11.5 Å². The van der Waals surface area contributed by atoms with Gasteiger partial charge in [0.25, 0.3) is 11.8 Å². The number of halogens is 3. The SMILES string of the molecule is O=C(Nc1nc2ccccc2cc1NC(=O)c1ccccc1C(F)(F)F)c1ccccc1. The lowest BCUT2D eigenvalue weighted by Gasteiger charge is -2.15. The monoisotopic (exact) mass is 435 g/mol. The van der Waals surface area contributed by atoms with Crippen molar-refractivity contribution in [2.45, 2.75) is 6.18 Å². The molecule has 0 aliphatic heterocycles. The molecule has 0 bridgehead atoms. The maximum Gasteiger partial charge on any atom is 0.417 e. The maximum absolute atomic E-state index is 13.3. The van der Waals surface area contributed by atoms with E-state index < -0.39 is 29.1 Å². The van der Waals surface area contributed by atoms with Crippen molar-refractivity contribution in [3.8, 4) is 0 Å². The van der Waals surface area contributed by atoms with E-state index in [9.17, 15) is 22.8 Å². The summed E-state index contributed by atoms with van der Waals surface area (Å²) in [5.41, 5.74) is -0.601. The molecule has 0 unspecified atom stereocenters. The Hall–Kier alpha value is -4.20. The minimum Gasteiger partial charge on any atom is -0.319 e. The van der Waals surface area contributed by atoms with Crippen LogP contribution in [0.25, 0.3) is 10.9 Å². The van der Waals surface area contributed by atoms with Gasteiger partial charge in [0.15, 0.2) is 5.82 Å². The van der Waals surface area contributed by atoms with Gasteiger partial charge in [0.05, 0.1) is 22.3 Å². The minimum absolute atomic E-state index is 0.0235. The topological polar surface area (TPSA) is 71.1 Å². The van der Waals surface area contributed by atoms with Gasteiger partial charge in [0, 0.05) is 10.9 Å². The molecule has 0 fully saturated rings. The summed E-state index contributed by atoms with van der Waals surface area (Å²) in [6, 6.07) is 21.4. The predicted molar refractivity (Wildman–Crippen MR) is 116 cm³/mol. The zero-order valence-electron chi connectivity index (χ0n) is 16.5. The average molecular weight is 435 g/mol. The fraction of sp³-hybridized carbons (Fsp3) is 0.0417. The molecule has 0 saturated carbocycles. The number of aromatic nitrogens is 1. The first-order chi connectivity index (χ1) is 15.3. The molecule has 8 heteroatoms. The first-order valence-corrected chi connectivity index (χ1v) is 9.57. The number of carbonyl (C=O) groups is 2. The van der Waals surface area contributed by atoms with E-state index in [1.165, 1.54) is 12.1 Å². The molecule has 2 amide bonds. The highest BCUT2D eigenvalue weighted by molar-refractivity contribution is 6.11. The van der Waals surface area contributed by atoms with Crippen molar-refractivity contribution in [2.24, 2.45) is 0 Å². The van der Waals surface area contributed by atoms with Gasteiger partial charge < -0.3 is 10.6 Å². The summed E-state index contributed by atoms with van der Waals surface area (Å²) in [4.78, 5) is 29.8. The van der Waals surface area contributed by atoms with Crippen molar-refractivity contribution in [1.82, 2.24) is 4.98 Å². The summed E-state index contributed by atoms with van der Waals surface area (Å²) in [6.45, 7) is 0. The van der Waals surface area contributed by atoms with Crippen LogP contribution in [0.1, 0.15) is 26.3 Å². The first kappa shape index (κ1) is 21.0. The summed E-state index contributed by atoms with van der Waals surface area (Å²) in [6.07, 6.45) is -4.69. The Morgan fingerprint density at radius 1 is 0.750 bits per heavy atom. The van der Waals surface area contributed by atoms with Crippen molar-refractivity contribution in [3.63, 3.8) is 0 Å². The summed E-state index contributed by atoms with van der Waals surface area (Å²) in [5, 5.41) is 5.75. The van der Waals surface area contributed by atoms with Crippen molar-refractivity contribution < 1.29 is 22.8 Å². The molecular weight excluding hydrogens is 419 g/mol. The van der Waals surface area contributed by atoms with E-state index in [0.717, 1.165) is 12.1 Å². The predicted octanol–water partition coefficient (Wildman–Crippen LogP) is 5.76. The number of nitrogens with zero attached hydrogens (tertiary/aromatic N) is 1. The highest BCUT2D eigenvalue weighted by atomic mass is 19.4. The molecule has 0 spiro atoms. The standard InChI is InChI=1S/C24H16F3N3O2/c25-24(26,27)18-12-6-5-11-17(18)23(32)29-20-14-16-10-4-7-13-19(16)28-21(20)30-22(31)15-8-2-1-3-9-15/h1-14H,(H,29,32)(H,28,30,31). The lowest BCUT2D eigenvalue weighted by atomic mass is 10.1. The lowest BCUT2D eigenvalue weighted by molar-refractivity contribution is -0.137. The van der Waals surface area contributed by atoms with Gasteiger partial charge in [-0.3, -0.25) is 9.59 Å². The molecule has 4 rings (SSSR count). The molecule has 32 heavy (non-hydrogen) atoms. The number of fused-ring (bicyclic) bond motifs is 1. The number of rotatable bonds is 4. The summed E-state index contributed by atoms with van der Waals surface area (Å²) in [7, 11) is 0. The molecule has 0 atom stereocenters. The van der Waals surface area contributed by atoms with Crippen LogP contribution in [0.15, 0.2) is 84.9 Å². The smallest absolute Gasteiger partial charge is 0.319 e. The summed E-state index contributed by atoms with van der Waals surface area (Å²) in [5.74, 6) is -1.42. The van der Waals surface area contributed by atoms with Gasteiger partial charge >= 0.3 is 6.18 Å². The molecule has 0 aliphatic carbocycles. The van der Waals surface area contributed by atoms with Crippen molar-refractivity contribution in [2.75, 3.05) is 10.6 Å². The first-order valence-electron chi connectivity index (χ1n) is 9.57. The lowest BCUT2D eigenvalue weighted by Crippen LogP contribution is -2.20. The molecule has 0 saturated heterocycles. The van der Waals surface area contributed by atoms with Crippen LogP contribution in [0.4, 0.5) is 24.7 Å². The van der Waals surface area contributed by atoms with Crippen molar-refractivity contribution in [3.05, 3.63) is 102 Å². The van der Waals surface area contributed by atoms with Gasteiger partial charge in [-0.1, -0.05) is 48.5 Å². The van der Waals surface area contributed by atoms with E-state index in [2.05, 4.69) is 15.6 Å². The number of hydrogen-bond acceptors (Lipinski definition) is 3. The zero-order chi connectivity index (χ0) is 22.7. The van der Waals surface area contributed by atoms with Crippen LogP contribution in [0.2, 0.25) is 0 Å². The van der Waals surface area contributed by atoms with Gasteiger partial charge in [0.2, 0.25) is 0 Å². The average Bonchev–Trinajstić information content (AvgIpc) is 2.79. The Labute approximate surface area is 180 Å². The highest BCUT2D eigenvalue weighted by Gasteiger charge is 2.35. The third-order valence-electron chi connectivity index (χ3n) is 4.72. The molecule has 1 heterocycles. The van der Waals surface area contributed by atoms with Crippen LogP contribution >= 0.6 is 0 Å². The number of benzene rings is 3. The molecule has 3 aromatic carbocycles. The highest BCUT2D eigenvalue weighted by Crippen LogP contribution is 2.33. The Bertz CT molecular complexity index is 1300. The summed E-state index contributed by atoms with van der Waals surface area (Å²) < 4.78 is 40.0. The van der Waals surface area contributed by atoms with Crippen molar-refractivity contribution in [1.29, 1.82) is 0 Å². The van der Waals surface area contributed by atoms with Crippen LogP contribution in [-0.2, 0) is 6.18 Å². The third kappa shape index (κ3) is 4.44. The number of alkyl halides is 3. The molecule has 5 nitrogen and oxygen atoms in total. The van der Waals surface area contributed by atoms with E-state index in [1.54, 1.807) is 60.7 Å². The van der Waals surface area contributed by atoms with Gasteiger partial charge in [0.1, 0.15) is 0 Å². The zero-order valence-corrected chi connectivity index (χ0v) is 16.5. The second-order valence-corrected chi connectivity index (χ2v) is 6.89. The number of pyridine rings is 1. The number of hydrogen-bond donors (Lipinski definition) is 2. The van der Waals surface area contributed by atoms with Gasteiger partial charge in [-0.2, -0.15) is 13.2 Å². The molecule has 0 aliphatic rings. The number of amides is 2. The van der Waals surface area contributed by atoms with Crippen LogP contribution in [-0.4, -0.2) is 16.8 Å². The molecule has 160 valence electrons. The Morgan fingerprint density at radius 2 is 1.41 bits per heavy atom. The second-order valence-electron chi connectivity index (χ2n) is 6.89. The summed E-state index contributed by atoms with van der Waals surface area (Å²) >= 11 is 0. The maximum atomic E-state index is 13.3.